The van der Waals surface area contributed by atoms with E-state index in [0.29, 0.717) is 30.0 Å². The van der Waals surface area contributed by atoms with E-state index < -0.39 is 0 Å². The molecule has 0 spiro atoms. The zero-order chi connectivity index (χ0) is 23.4. The van der Waals surface area contributed by atoms with Crippen LogP contribution in [0.4, 0.5) is 0 Å². The molecule has 3 aromatic rings. The van der Waals surface area contributed by atoms with Crippen LogP contribution in [-0.2, 0) is 4.74 Å². The third-order valence-corrected chi connectivity index (χ3v) is 6.65. The molecule has 1 aliphatic rings. The van der Waals surface area contributed by atoms with Crippen molar-refractivity contribution in [2.45, 2.75) is 17.9 Å². The van der Waals surface area contributed by atoms with Crippen LogP contribution in [0, 0.1) is 0 Å². The fourth-order valence-corrected chi connectivity index (χ4v) is 4.50. The standard InChI is InChI=1S/C24H26N4O3S2/c1-15-20(23-26-22(27-31-23)17-5-9-18(30-3)10-6-17)21(16-7-11-19(33-4)12-8-16)25-24(32)28(15)13-14-29-2/h5-12,21H,13-14H2,1-4H3,(H,25,32). The molecule has 0 bridgehead atoms. The first-order chi connectivity index (χ1) is 16.0. The van der Waals surface area contributed by atoms with Gasteiger partial charge in [-0.15, -0.1) is 11.8 Å². The van der Waals surface area contributed by atoms with Crippen LogP contribution in [-0.4, -0.2) is 53.8 Å². The van der Waals surface area contributed by atoms with Crippen LogP contribution in [0.25, 0.3) is 17.0 Å². The van der Waals surface area contributed by atoms with E-state index in [2.05, 4.69) is 41.0 Å². The van der Waals surface area contributed by atoms with Crippen molar-refractivity contribution >= 4 is 34.7 Å². The van der Waals surface area contributed by atoms with Crippen LogP contribution < -0.4 is 10.1 Å². The molecule has 1 N–H and O–H groups in total. The van der Waals surface area contributed by atoms with Crippen LogP contribution >= 0.6 is 24.0 Å². The van der Waals surface area contributed by atoms with Crippen LogP contribution in [0.5, 0.6) is 5.75 Å². The third-order valence-electron chi connectivity index (χ3n) is 5.57. The highest BCUT2D eigenvalue weighted by Gasteiger charge is 2.34. The number of thioether (sulfide) groups is 1. The Bertz CT molecular complexity index is 1140. The number of ether oxygens (including phenoxy) is 2. The molecule has 9 heteroatoms. The van der Waals surface area contributed by atoms with Crippen LogP contribution in [0.2, 0.25) is 0 Å². The van der Waals surface area contributed by atoms with Gasteiger partial charge >= 0.3 is 0 Å². The highest BCUT2D eigenvalue weighted by atomic mass is 32.2. The Morgan fingerprint density at radius 3 is 2.48 bits per heavy atom. The maximum Gasteiger partial charge on any atom is 0.258 e. The first-order valence-corrected chi connectivity index (χ1v) is 12.1. The van der Waals surface area contributed by atoms with Gasteiger partial charge in [0.2, 0.25) is 5.82 Å². The molecule has 172 valence electrons. The minimum Gasteiger partial charge on any atom is -0.497 e. The molecule has 7 nitrogen and oxygen atoms in total. The van der Waals surface area contributed by atoms with Crippen molar-refractivity contribution in [3.05, 3.63) is 65.7 Å². The van der Waals surface area contributed by atoms with Gasteiger partial charge in [-0.1, -0.05) is 17.3 Å². The van der Waals surface area contributed by atoms with E-state index in [0.717, 1.165) is 28.1 Å². The number of hydrogen-bond donors (Lipinski definition) is 1. The van der Waals surface area contributed by atoms with Crippen LogP contribution in [0.3, 0.4) is 0 Å². The van der Waals surface area contributed by atoms with Crippen LogP contribution in [0.15, 0.2) is 63.6 Å². The lowest BCUT2D eigenvalue weighted by Crippen LogP contribution is -2.47. The smallest absolute Gasteiger partial charge is 0.258 e. The second-order valence-corrected chi connectivity index (χ2v) is 8.72. The molecule has 1 aromatic heterocycles. The molecule has 4 rings (SSSR count). The van der Waals surface area contributed by atoms with Crippen molar-refractivity contribution in [2.24, 2.45) is 0 Å². The second-order valence-electron chi connectivity index (χ2n) is 7.45. The topological polar surface area (TPSA) is 72.7 Å². The minimum atomic E-state index is -0.212. The molecule has 2 aromatic carbocycles. The zero-order valence-corrected chi connectivity index (χ0v) is 20.6. The van der Waals surface area contributed by atoms with E-state index in [1.54, 1.807) is 26.0 Å². The second kappa shape index (κ2) is 10.4. The van der Waals surface area contributed by atoms with Gasteiger partial charge in [0.1, 0.15) is 5.75 Å². The van der Waals surface area contributed by atoms with Crippen LogP contribution in [0.1, 0.15) is 24.4 Å². The van der Waals surface area contributed by atoms with E-state index in [4.69, 9.17) is 31.2 Å². The van der Waals surface area contributed by atoms with Gasteiger partial charge in [0, 0.05) is 29.8 Å². The molecule has 1 aliphatic heterocycles. The number of thiocarbonyl (C=S) groups is 1. The fraction of sp³-hybridized carbons (Fsp3) is 0.292. The zero-order valence-electron chi connectivity index (χ0n) is 19.0. The van der Waals surface area contributed by atoms with Gasteiger partial charge in [0.25, 0.3) is 5.89 Å². The van der Waals surface area contributed by atoms with Gasteiger partial charge in [-0.3, -0.25) is 0 Å². The summed E-state index contributed by atoms with van der Waals surface area (Å²) in [5.74, 6) is 1.74. The third kappa shape index (κ3) is 4.90. The first kappa shape index (κ1) is 23.3. The molecular weight excluding hydrogens is 456 g/mol. The van der Waals surface area contributed by atoms with Crippen molar-refractivity contribution in [3.8, 4) is 17.1 Å². The highest BCUT2D eigenvalue weighted by Crippen LogP contribution is 2.37. The summed E-state index contributed by atoms with van der Waals surface area (Å²) in [6, 6.07) is 15.8. The van der Waals surface area contributed by atoms with Gasteiger partial charge in [0.05, 0.1) is 25.3 Å². The van der Waals surface area contributed by atoms with E-state index in [1.807, 2.05) is 36.1 Å². The molecule has 1 unspecified atom stereocenters. The Kier molecular flexibility index (Phi) is 7.32. The number of methoxy groups -OCH3 is 2. The quantitative estimate of drug-likeness (QED) is 0.361. The molecule has 0 fully saturated rings. The Labute approximate surface area is 203 Å². The Morgan fingerprint density at radius 1 is 1.12 bits per heavy atom. The molecule has 0 saturated heterocycles. The number of aromatic nitrogens is 2. The Morgan fingerprint density at radius 2 is 1.85 bits per heavy atom. The number of hydrogen-bond acceptors (Lipinski definition) is 7. The molecule has 0 aliphatic carbocycles. The predicted molar refractivity (Wildman–Crippen MR) is 134 cm³/mol. The van der Waals surface area contributed by atoms with E-state index in [9.17, 15) is 0 Å². The largest absolute Gasteiger partial charge is 0.497 e. The SMILES string of the molecule is COCCN1C(=S)NC(c2ccc(SC)cc2)C(c2nc(-c3ccc(OC)cc3)no2)=C1C. The summed E-state index contributed by atoms with van der Waals surface area (Å²) in [5, 5.41) is 8.35. The van der Waals surface area contributed by atoms with Gasteiger partial charge < -0.3 is 24.2 Å². The normalized spacial score (nSPS) is 16.2. The van der Waals surface area contributed by atoms with Crippen molar-refractivity contribution in [1.29, 1.82) is 0 Å². The summed E-state index contributed by atoms with van der Waals surface area (Å²) in [7, 11) is 3.31. The summed E-state index contributed by atoms with van der Waals surface area (Å²) in [6.07, 6.45) is 2.06. The summed E-state index contributed by atoms with van der Waals surface area (Å²) in [6.45, 7) is 3.19. The number of allylic oxidation sites excluding steroid dienone is 1. The lowest BCUT2D eigenvalue weighted by atomic mass is 9.95. The maximum absolute atomic E-state index is 5.77. The summed E-state index contributed by atoms with van der Waals surface area (Å²) >= 11 is 7.40. The number of nitrogens with one attached hydrogen (secondary N) is 1. The van der Waals surface area contributed by atoms with E-state index in [1.165, 1.54) is 4.90 Å². The predicted octanol–water partition coefficient (Wildman–Crippen LogP) is 4.78. The average molecular weight is 483 g/mol. The lowest BCUT2D eigenvalue weighted by Gasteiger charge is -2.37. The molecule has 0 radical (unpaired) electrons. The van der Waals surface area contributed by atoms with Gasteiger partial charge in [-0.2, -0.15) is 4.98 Å². The van der Waals surface area contributed by atoms with Crippen molar-refractivity contribution in [3.63, 3.8) is 0 Å². The van der Waals surface area contributed by atoms with E-state index >= 15 is 0 Å². The minimum absolute atomic E-state index is 0.212. The fourth-order valence-electron chi connectivity index (χ4n) is 3.75. The lowest BCUT2D eigenvalue weighted by molar-refractivity contribution is 0.183. The maximum atomic E-state index is 5.77. The Balaban J connectivity index is 1.76. The first-order valence-electron chi connectivity index (χ1n) is 10.5. The molecule has 0 saturated carbocycles. The highest BCUT2D eigenvalue weighted by molar-refractivity contribution is 7.98. The van der Waals surface area contributed by atoms with Gasteiger partial charge in [-0.05, 0) is 67.4 Å². The van der Waals surface area contributed by atoms with Crippen molar-refractivity contribution in [2.75, 3.05) is 33.6 Å². The molecule has 0 amide bonds. The molecule has 33 heavy (non-hydrogen) atoms. The van der Waals surface area contributed by atoms with Crippen molar-refractivity contribution < 1.29 is 14.0 Å². The van der Waals surface area contributed by atoms with E-state index in [-0.39, 0.29) is 6.04 Å². The summed E-state index contributed by atoms with van der Waals surface area (Å²) in [5.41, 5.74) is 3.77. The molecule has 2 heterocycles. The van der Waals surface area contributed by atoms with Gasteiger partial charge in [-0.25, -0.2) is 0 Å². The van der Waals surface area contributed by atoms with Gasteiger partial charge in [0.15, 0.2) is 5.11 Å². The number of nitrogens with zero attached hydrogens (tertiary/aromatic N) is 3. The molecular formula is C24H26N4O3S2. The average Bonchev–Trinajstić information content (AvgIpc) is 3.33. The monoisotopic (exact) mass is 482 g/mol. The molecule has 1 atom stereocenters. The summed E-state index contributed by atoms with van der Waals surface area (Å²) < 4.78 is 16.3. The Hall–Kier alpha value is -2.88. The van der Waals surface area contributed by atoms with Crippen molar-refractivity contribution in [1.82, 2.24) is 20.4 Å². The summed E-state index contributed by atoms with van der Waals surface area (Å²) in [4.78, 5) is 7.94. The number of benzene rings is 2. The number of rotatable bonds is 8.